The predicted octanol–water partition coefficient (Wildman–Crippen LogP) is 3.60. The van der Waals surface area contributed by atoms with Gasteiger partial charge in [-0.1, -0.05) is 30.3 Å². The molecule has 0 amide bonds. The Morgan fingerprint density at radius 3 is 2.29 bits per heavy atom. The van der Waals surface area contributed by atoms with Gasteiger partial charge in [0, 0.05) is 5.56 Å². The predicted molar refractivity (Wildman–Crippen MR) is 82.0 cm³/mol. The molecule has 1 atom stereocenters. The molecule has 0 aliphatic carbocycles. The summed E-state index contributed by atoms with van der Waals surface area (Å²) in [7, 11) is 0. The molecule has 0 bridgehead atoms. The maximum absolute atomic E-state index is 11.0. The highest BCUT2D eigenvalue weighted by Crippen LogP contribution is 2.35. The minimum absolute atomic E-state index is 0.0305. The first-order valence-corrected chi connectivity index (χ1v) is 6.94. The van der Waals surface area contributed by atoms with Crippen molar-refractivity contribution in [2.75, 3.05) is 0 Å². The van der Waals surface area contributed by atoms with Crippen molar-refractivity contribution in [3.05, 3.63) is 65.2 Å². The third kappa shape index (κ3) is 3.24. The minimum atomic E-state index is -1.18. The molecular weight excluding hydrogens is 262 g/mol. The van der Waals surface area contributed by atoms with Crippen LogP contribution in [0, 0.1) is 11.3 Å². The van der Waals surface area contributed by atoms with Crippen LogP contribution in [0.25, 0.3) is 0 Å². The lowest BCUT2D eigenvalue weighted by Crippen LogP contribution is -2.24. The van der Waals surface area contributed by atoms with Crippen molar-refractivity contribution >= 4 is 0 Å². The highest BCUT2D eigenvalue weighted by atomic mass is 16.5. The lowest BCUT2D eigenvalue weighted by Gasteiger charge is -2.27. The zero-order valence-corrected chi connectivity index (χ0v) is 12.5. The van der Waals surface area contributed by atoms with E-state index in [0.29, 0.717) is 16.9 Å². The normalized spacial score (nSPS) is 13.5. The maximum Gasteiger partial charge on any atom is 0.126 e. The summed E-state index contributed by atoms with van der Waals surface area (Å²) in [6.07, 6.45) is 0.0305. The number of nitriles is 1. The zero-order valence-electron chi connectivity index (χ0n) is 12.5. The number of hydrogen-bond acceptors (Lipinski definition) is 3. The molecule has 1 N–H and O–H groups in total. The van der Waals surface area contributed by atoms with Gasteiger partial charge in [-0.05, 0) is 44.5 Å². The second-order valence-electron chi connectivity index (χ2n) is 5.42. The van der Waals surface area contributed by atoms with Crippen LogP contribution in [-0.2, 0) is 5.60 Å². The van der Waals surface area contributed by atoms with Crippen LogP contribution in [0.1, 0.15) is 37.5 Å². The molecule has 2 aromatic rings. The summed E-state index contributed by atoms with van der Waals surface area (Å²) in [6, 6.07) is 16.5. The Morgan fingerprint density at radius 1 is 1.10 bits per heavy atom. The summed E-state index contributed by atoms with van der Waals surface area (Å²) < 4.78 is 5.79. The molecule has 0 saturated carbocycles. The van der Waals surface area contributed by atoms with Crippen molar-refractivity contribution in [3.63, 3.8) is 0 Å². The largest absolute Gasteiger partial charge is 0.491 e. The average Bonchev–Trinajstić information content (AvgIpc) is 2.47. The van der Waals surface area contributed by atoms with Gasteiger partial charge in [-0.2, -0.15) is 5.26 Å². The summed E-state index contributed by atoms with van der Waals surface area (Å²) in [5, 5.41) is 19.8. The van der Waals surface area contributed by atoms with Crippen LogP contribution in [0.4, 0.5) is 0 Å². The molecule has 3 heteroatoms. The van der Waals surface area contributed by atoms with E-state index >= 15 is 0 Å². The summed E-state index contributed by atoms with van der Waals surface area (Å²) in [6.45, 7) is 5.64. The van der Waals surface area contributed by atoms with Crippen molar-refractivity contribution in [1.82, 2.24) is 0 Å². The number of ether oxygens (including phenoxy) is 1. The van der Waals surface area contributed by atoms with Crippen LogP contribution in [0.5, 0.6) is 5.75 Å². The van der Waals surface area contributed by atoms with Gasteiger partial charge in [0.1, 0.15) is 11.4 Å². The van der Waals surface area contributed by atoms with E-state index in [2.05, 4.69) is 6.07 Å². The zero-order chi connectivity index (χ0) is 15.5. The third-order valence-corrected chi connectivity index (χ3v) is 3.35. The number of rotatable bonds is 4. The number of nitrogens with zero attached hydrogens (tertiary/aromatic N) is 1. The summed E-state index contributed by atoms with van der Waals surface area (Å²) in [5.74, 6) is 0.668. The highest BCUT2D eigenvalue weighted by Gasteiger charge is 2.29. The lowest BCUT2D eigenvalue weighted by molar-refractivity contribution is 0.0958. The summed E-state index contributed by atoms with van der Waals surface area (Å²) >= 11 is 0. The molecule has 0 aliphatic heterocycles. The fourth-order valence-corrected chi connectivity index (χ4v) is 2.25. The molecule has 1 unspecified atom stereocenters. The molecule has 0 spiro atoms. The van der Waals surface area contributed by atoms with E-state index in [1.807, 2.05) is 38.1 Å². The quantitative estimate of drug-likeness (QED) is 0.931. The molecular formula is C18H19NO2. The van der Waals surface area contributed by atoms with Crippen LogP contribution in [0.15, 0.2) is 48.5 Å². The SMILES string of the molecule is CC(C)Oc1ccccc1C(C)(O)c1ccc(C#N)cc1. The van der Waals surface area contributed by atoms with Crippen LogP contribution in [-0.4, -0.2) is 11.2 Å². The van der Waals surface area contributed by atoms with Crippen LogP contribution in [0.2, 0.25) is 0 Å². The van der Waals surface area contributed by atoms with E-state index in [4.69, 9.17) is 10.00 Å². The first-order valence-electron chi connectivity index (χ1n) is 6.94. The average molecular weight is 281 g/mol. The van der Waals surface area contributed by atoms with E-state index in [-0.39, 0.29) is 6.10 Å². The number of aliphatic hydroxyl groups is 1. The highest BCUT2D eigenvalue weighted by molar-refractivity contribution is 5.45. The number of hydrogen-bond donors (Lipinski definition) is 1. The van der Waals surface area contributed by atoms with E-state index in [1.165, 1.54) is 0 Å². The Hall–Kier alpha value is -2.31. The standard InChI is InChI=1S/C18H19NO2/c1-13(2)21-17-7-5-4-6-16(17)18(3,20)15-10-8-14(12-19)9-11-15/h4-11,13,20H,1-3H3. The van der Waals surface area contributed by atoms with Crippen molar-refractivity contribution < 1.29 is 9.84 Å². The Kier molecular flexibility index (Phi) is 4.30. The van der Waals surface area contributed by atoms with Gasteiger partial charge >= 0.3 is 0 Å². The molecule has 0 radical (unpaired) electrons. The van der Waals surface area contributed by atoms with E-state index in [9.17, 15) is 5.11 Å². The van der Waals surface area contributed by atoms with Gasteiger partial charge in [0.05, 0.1) is 17.7 Å². The van der Waals surface area contributed by atoms with Crippen LogP contribution >= 0.6 is 0 Å². The Labute approximate surface area is 125 Å². The van der Waals surface area contributed by atoms with Gasteiger partial charge in [0.15, 0.2) is 0 Å². The smallest absolute Gasteiger partial charge is 0.126 e. The molecule has 2 aromatic carbocycles. The maximum atomic E-state index is 11.0. The van der Waals surface area contributed by atoms with Crippen LogP contribution in [0.3, 0.4) is 0 Å². The first-order chi connectivity index (χ1) is 9.95. The Bertz CT molecular complexity index is 652. The molecule has 0 saturated heterocycles. The van der Waals surface area contributed by atoms with Gasteiger partial charge in [-0.3, -0.25) is 0 Å². The molecule has 0 aromatic heterocycles. The van der Waals surface area contributed by atoms with Crippen molar-refractivity contribution in [2.24, 2.45) is 0 Å². The van der Waals surface area contributed by atoms with Gasteiger partial charge in [-0.15, -0.1) is 0 Å². The van der Waals surface area contributed by atoms with Gasteiger partial charge in [0.25, 0.3) is 0 Å². The second kappa shape index (κ2) is 5.99. The molecule has 21 heavy (non-hydrogen) atoms. The first kappa shape index (κ1) is 15.1. The van der Waals surface area contributed by atoms with Crippen LogP contribution < -0.4 is 4.74 Å². The summed E-state index contributed by atoms with van der Waals surface area (Å²) in [5.41, 5.74) is 0.824. The fourth-order valence-electron chi connectivity index (χ4n) is 2.25. The van der Waals surface area contributed by atoms with Gasteiger partial charge in [-0.25, -0.2) is 0 Å². The van der Waals surface area contributed by atoms with E-state index < -0.39 is 5.60 Å². The Morgan fingerprint density at radius 2 is 1.71 bits per heavy atom. The molecule has 0 heterocycles. The van der Waals surface area contributed by atoms with Gasteiger partial charge < -0.3 is 9.84 Å². The molecule has 0 aliphatic rings. The molecule has 3 nitrogen and oxygen atoms in total. The number of benzene rings is 2. The monoisotopic (exact) mass is 281 g/mol. The summed E-state index contributed by atoms with van der Waals surface area (Å²) in [4.78, 5) is 0. The second-order valence-corrected chi connectivity index (χ2v) is 5.42. The van der Waals surface area contributed by atoms with E-state index in [0.717, 1.165) is 5.56 Å². The third-order valence-electron chi connectivity index (χ3n) is 3.35. The van der Waals surface area contributed by atoms with Crippen molar-refractivity contribution in [1.29, 1.82) is 5.26 Å². The van der Waals surface area contributed by atoms with Crippen molar-refractivity contribution in [2.45, 2.75) is 32.5 Å². The Balaban J connectivity index is 2.45. The van der Waals surface area contributed by atoms with Gasteiger partial charge in [0.2, 0.25) is 0 Å². The van der Waals surface area contributed by atoms with Crippen molar-refractivity contribution in [3.8, 4) is 11.8 Å². The van der Waals surface area contributed by atoms with E-state index in [1.54, 1.807) is 31.2 Å². The fraction of sp³-hybridized carbons (Fsp3) is 0.278. The molecule has 0 fully saturated rings. The number of para-hydroxylation sites is 1. The minimum Gasteiger partial charge on any atom is -0.491 e. The topological polar surface area (TPSA) is 53.2 Å². The molecule has 108 valence electrons. The lowest BCUT2D eigenvalue weighted by atomic mass is 9.87. The molecule has 2 rings (SSSR count).